The molecule has 0 aliphatic carbocycles. The van der Waals surface area contributed by atoms with Gasteiger partial charge in [-0.05, 0) is 42.7 Å². The third-order valence-electron chi connectivity index (χ3n) is 6.12. The number of nitrogens with zero attached hydrogens (tertiary/aromatic N) is 2. The Morgan fingerprint density at radius 1 is 0.943 bits per heavy atom. The number of halogens is 2. The average molecular weight is 478 g/mol. The molecule has 1 aliphatic rings. The lowest BCUT2D eigenvalue weighted by atomic mass is 9.91. The van der Waals surface area contributed by atoms with E-state index < -0.39 is 41.6 Å². The van der Waals surface area contributed by atoms with Crippen molar-refractivity contribution in [3.05, 3.63) is 107 Å². The van der Waals surface area contributed by atoms with Crippen LogP contribution in [0.3, 0.4) is 0 Å². The predicted octanol–water partition coefficient (Wildman–Crippen LogP) is 4.00. The highest BCUT2D eigenvalue weighted by Gasteiger charge is 2.51. The molecule has 6 nitrogen and oxygen atoms in total. The predicted molar refractivity (Wildman–Crippen MR) is 126 cm³/mol. The molecule has 35 heavy (non-hydrogen) atoms. The number of urea groups is 1. The molecule has 0 radical (unpaired) electrons. The molecular formula is C27H25F2N3O3. The molecular weight excluding hydrogens is 452 g/mol. The van der Waals surface area contributed by atoms with Crippen molar-refractivity contribution in [2.75, 3.05) is 13.1 Å². The van der Waals surface area contributed by atoms with Crippen LogP contribution in [0, 0.1) is 11.6 Å². The van der Waals surface area contributed by atoms with Crippen LogP contribution in [0.25, 0.3) is 0 Å². The number of amides is 4. The molecule has 1 unspecified atom stereocenters. The van der Waals surface area contributed by atoms with E-state index in [0.717, 1.165) is 34.2 Å². The Balaban J connectivity index is 1.53. The second-order valence-electron chi connectivity index (χ2n) is 8.61. The Hall–Kier alpha value is -4.07. The lowest BCUT2D eigenvalue weighted by molar-refractivity contribution is -0.139. The van der Waals surface area contributed by atoms with Gasteiger partial charge in [-0.2, -0.15) is 0 Å². The molecule has 1 aliphatic heterocycles. The van der Waals surface area contributed by atoms with Gasteiger partial charge in [0.05, 0.1) is 0 Å². The zero-order chi connectivity index (χ0) is 25.0. The van der Waals surface area contributed by atoms with Gasteiger partial charge in [-0.15, -0.1) is 0 Å². The van der Waals surface area contributed by atoms with Crippen LogP contribution in [0.5, 0.6) is 0 Å². The topological polar surface area (TPSA) is 69.7 Å². The van der Waals surface area contributed by atoms with Crippen molar-refractivity contribution in [3.8, 4) is 0 Å². The molecule has 1 saturated heterocycles. The van der Waals surface area contributed by atoms with Crippen LogP contribution in [-0.2, 0) is 28.1 Å². The number of hydrogen-bond donors (Lipinski definition) is 1. The number of rotatable bonds is 8. The standard InChI is InChI=1S/C27H25F2N3O3/c1-27(22-16-21(28)12-13-23(22)29)25(34)32(26(35)30-27)18-24(33)31(17-20-10-6-3-7-11-20)15-14-19-8-4-2-5-9-19/h2-13,16H,14-15,17-18H2,1H3,(H,30,35). The summed E-state index contributed by atoms with van der Waals surface area (Å²) in [6.45, 7) is 1.45. The summed E-state index contributed by atoms with van der Waals surface area (Å²) >= 11 is 0. The molecule has 0 saturated carbocycles. The number of hydrogen-bond acceptors (Lipinski definition) is 3. The maximum absolute atomic E-state index is 14.4. The SMILES string of the molecule is CC1(c2cc(F)ccc2F)NC(=O)N(CC(=O)N(CCc2ccccc2)Cc2ccccc2)C1=O. The lowest BCUT2D eigenvalue weighted by Gasteiger charge is -2.26. The van der Waals surface area contributed by atoms with E-state index >= 15 is 0 Å². The third kappa shape index (κ3) is 5.21. The van der Waals surface area contributed by atoms with Crippen LogP contribution in [0.1, 0.15) is 23.6 Å². The number of nitrogens with one attached hydrogen (secondary N) is 1. The van der Waals surface area contributed by atoms with Gasteiger partial charge in [-0.1, -0.05) is 60.7 Å². The van der Waals surface area contributed by atoms with E-state index in [4.69, 9.17) is 0 Å². The molecule has 180 valence electrons. The molecule has 4 rings (SSSR count). The Labute approximate surface area is 202 Å². The summed E-state index contributed by atoms with van der Waals surface area (Å²) in [7, 11) is 0. The van der Waals surface area contributed by atoms with Gasteiger partial charge in [0.25, 0.3) is 5.91 Å². The van der Waals surface area contributed by atoms with E-state index in [1.807, 2.05) is 60.7 Å². The quantitative estimate of drug-likeness (QED) is 0.499. The number of benzene rings is 3. The second-order valence-corrected chi connectivity index (χ2v) is 8.61. The zero-order valence-corrected chi connectivity index (χ0v) is 19.2. The first-order valence-corrected chi connectivity index (χ1v) is 11.2. The minimum Gasteiger partial charge on any atom is -0.336 e. The van der Waals surface area contributed by atoms with Crippen LogP contribution in [0.4, 0.5) is 13.6 Å². The number of imide groups is 1. The summed E-state index contributed by atoms with van der Waals surface area (Å²) in [5.74, 6) is -2.82. The van der Waals surface area contributed by atoms with Crippen LogP contribution >= 0.6 is 0 Å². The van der Waals surface area contributed by atoms with Crippen LogP contribution in [-0.4, -0.2) is 40.7 Å². The van der Waals surface area contributed by atoms with E-state index in [9.17, 15) is 23.2 Å². The molecule has 1 heterocycles. The highest BCUT2D eigenvalue weighted by molar-refractivity contribution is 6.09. The second kappa shape index (κ2) is 10.0. The number of carbonyl (C=O) groups is 3. The van der Waals surface area contributed by atoms with Crippen molar-refractivity contribution in [1.29, 1.82) is 0 Å². The summed E-state index contributed by atoms with van der Waals surface area (Å²) in [5.41, 5.74) is -0.172. The van der Waals surface area contributed by atoms with Gasteiger partial charge >= 0.3 is 6.03 Å². The Morgan fingerprint density at radius 3 is 2.23 bits per heavy atom. The largest absolute Gasteiger partial charge is 0.336 e. The van der Waals surface area contributed by atoms with Gasteiger partial charge in [-0.25, -0.2) is 13.6 Å². The fraction of sp³-hybridized carbons (Fsp3) is 0.222. The third-order valence-corrected chi connectivity index (χ3v) is 6.12. The summed E-state index contributed by atoms with van der Waals surface area (Å²) in [4.78, 5) is 41.5. The molecule has 0 aromatic heterocycles. The molecule has 4 amide bonds. The van der Waals surface area contributed by atoms with Gasteiger partial charge in [0.2, 0.25) is 5.91 Å². The molecule has 0 spiro atoms. The molecule has 1 atom stereocenters. The zero-order valence-electron chi connectivity index (χ0n) is 19.2. The Morgan fingerprint density at radius 2 is 1.57 bits per heavy atom. The maximum Gasteiger partial charge on any atom is 0.325 e. The molecule has 3 aromatic rings. The highest BCUT2D eigenvalue weighted by atomic mass is 19.1. The molecule has 1 N–H and O–H groups in total. The molecule has 3 aromatic carbocycles. The van der Waals surface area contributed by atoms with Crippen LogP contribution < -0.4 is 5.32 Å². The van der Waals surface area contributed by atoms with Gasteiger partial charge < -0.3 is 10.2 Å². The minimum atomic E-state index is -1.82. The van der Waals surface area contributed by atoms with Gasteiger partial charge in [0, 0.05) is 18.7 Å². The first-order chi connectivity index (χ1) is 16.8. The smallest absolute Gasteiger partial charge is 0.325 e. The fourth-order valence-electron chi connectivity index (χ4n) is 4.14. The number of carbonyl (C=O) groups excluding carboxylic acids is 3. The summed E-state index contributed by atoms with van der Waals surface area (Å²) < 4.78 is 28.2. The fourth-order valence-corrected chi connectivity index (χ4v) is 4.14. The molecule has 0 bridgehead atoms. The van der Waals surface area contributed by atoms with E-state index in [2.05, 4.69) is 5.32 Å². The van der Waals surface area contributed by atoms with Gasteiger partial charge in [-0.3, -0.25) is 14.5 Å². The van der Waals surface area contributed by atoms with E-state index in [-0.39, 0.29) is 5.56 Å². The van der Waals surface area contributed by atoms with E-state index in [1.165, 1.54) is 6.92 Å². The maximum atomic E-state index is 14.4. The van der Waals surface area contributed by atoms with Crippen molar-refractivity contribution in [1.82, 2.24) is 15.1 Å². The van der Waals surface area contributed by atoms with Crippen molar-refractivity contribution in [3.63, 3.8) is 0 Å². The minimum absolute atomic E-state index is 0.295. The van der Waals surface area contributed by atoms with Crippen LogP contribution in [0.2, 0.25) is 0 Å². The summed E-state index contributed by atoms with van der Waals surface area (Å²) in [6, 6.07) is 20.9. The Bertz CT molecular complexity index is 1240. The monoisotopic (exact) mass is 477 g/mol. The van der Waals surface area contributed by atoms with Crippen molar-refractivity contribution < 1.29 is 23.2 Å². The average Bonchev–Trinajstić information content (AvgIpc) is 3.08. The first-order valence-electron chi connectivity index (χ1n) is 11.2. The molecule has 1 fully saturated rings. The molecule has 8 heteroatoms. The summed E-state index contributed by atoms with van der Waals surface area (Å²) in [6.07, 6.45) is 0.589. The van der Waals surface area contributed by atoms with Crippen LogP contribution in [0.15, 0.2) is 78.9 Å². The Kier molecular flexibility index (Phi) is 6.91. The van der Waals surface area contributed by atoms with E-state index in [0.29, 0.717) is 19.5 Å². The van der Waals surface area contributed by atoms with E-state index in [1.54, 1.807) is 4.90 Å². The van der Waals surface area contributed by atoms with Gasteiger partial charge in [0.1, 0.15) is 23.7 Å². The van der Waals surface area contributed by atoms with Crippen molar-refractivity contribution >= 4 is 17.8 Å². The van der Waals surface area contributed by atoms with Crippen molar-refractivity contribution in [2.45, 2.75) is 25.4 Å². The normalized spacial score (nSPS) is 17.4. The summed E-state index contributed by atoms with van der Waals surface area (Å²) in [5, 5.41) is 2.43. The highest BCUT2D eigenvalue weighted by Crippen LogP contribution is 2.31. The van der Waals surface area contributed by atoms with Crippen molar-refractivity contribution in [2.24, 2.45) is 0 Å². The van der Waals surface area contributed by atoms with Gasteiger partial charge in [0.15, 0.2) is 0 Å². The lowest BCUT2D eigenvalue weighted by Crippen LogP contribution is -2.45. The first kappa shape index (κ1) is 24.1.